The van der Waals surface area contributed by atoms with Crippen molar-refractivity contribution < 1.29 is 14.3 Å². The molecule has 0 saturated heterocycles. The Bertz CT molecular complexity index is 664. The maximum absolute atomic E-state index is 11.9. The summed E-state index contributed by atoms with van der Waals surface area (Å²) in [5.74, 6) is -0.243. The van der Waals surface area contributed by atoms with Crippen LogP contribution in [-0.4, -0.2) is 29.3 Å². The van der Waals surface area contributed by atoms with Crippen LogP contribution in [-0.2, 0) is 9.53 Å². The molecule has 0 saturated carbocycles. The highest BCUT2D eigenvalue weighted by Crippen LogP contribution is 2.29. The molecule has 1 amide bonds. The number of para-hydroxylation sites is 1. The van der Waals surface area contributed by atoms with Crippen molar-refractivity contribution in [3.8, 4) is 0 Å². The van der Waals surface area contributed by atoms with E-state index in [-0.39, 0.29) is 17.8 Å². The number of fused-ring (bicyclic) bond motifs is 1. The molecule has 124 valence electrons. The molecule has 23 heavy (non-hydrogen) atoms. The van der Waals surface area contributed by atoms with Gasteiger partial charge in [-0.25, -0.2) is 4.98 Å². The summed E-state index contributed by atoms with van der Waals surface area (Å²) in [5, 5.41) is 2.51. The summed E-state index contributed by atoms with van der Waals surface area (Å²) in [6, 6.07) is 7.76. The molecule has 0 bridgehead atoms. The van der Waals surface area contributed by atoms with Crippen LogP contribution in [0, 0.1) is 5.41 Å². The summed E-state index contributed by atoms with van der Waals surface area (Å²) in [6.07, 6.45) is 0.714. The zero-order chi connectivity index (χ0) is 16.9. The molecule has 0 aliphatic heterocycles. The van der Waals surface area contributed by atoms with Gasteiger partial charge in [0.2, 0.25) is 0 Å². The maximum Gasteiger partial charge on any atom is 0.311 e. The number of hydrogen-bond donors (Lipinski definition) is 1. The fraction of sp³-hybridized carbons (Fsp3) is 0.438. The number of ether oxygens (including phenoxy) is 1. The number of benzene rings is 1. The van der Waals surface area contributed by atoms with Gasteiger partial charge in [0.25, 0.3) is 5.24 Å². The van der Waals surface area contributed by atoms with E-state index in [1.807, 2.05) is 45.0 Å². The average Bonchev–Trinajstić information content (AvgIpc) is 2.93. The second-order valence-electron chi connectivity index (χ2n) is 5.64. The summed E-state index contributed by atoms with van der Waals surface area (Å²) in [5.41, 5.74) is 0.406. The first-order chi connectivity index (χ1) is 10.9. The lowest BCUT2D eigenvalue weighted by Crippen LogP contribution is -2.30. The Morgan fingerprint density at radius 2 is 2.09 bits per heavy atom. The summed E-state index contributed by atoms with van der Waals surface area (Å²) < 4.78 is 6.93. The third-order valence-corrected chi connectivity index (χ3v) is 5.42. The number of nitrogens with zero attached hydrogens (tertiary/aromatic N) is 1. The minimum absolute atomic E-state index is 0.175. The molecule has 0 atom stereocenters. The highest BCUT2D eigenvalue weighted by molar-refractivity contribution is 8.14. The van der Waals surface area contributed by atoms with E-state index in [0.29, 0.717) is 17.3 Å². The van der Waals surface area contributed by atoms with Crippen LogP contribution in [0.2, 0.25) is 0 Å². The second kappa shape index (κ2) is 7.79. The number of thioether (sulfide) groups is 1. The van der Waals surface area contributed by atoms with Gasteiger partial charge in [0.1, 0.15) is 6.61 Å². The first-order valence-electron chi connectivity index (χ1n) is 7.41. The molecule has 2 aromatic rings. The molecule has 1 aromatic heterocycles. The molecule has 0 aliphatic rings. The van der Waals surface area contributed by atoms with E-state index in [2.05, 4.69) is 10.3 Å². The number of thiazole rings is 1. The topological polar surface area (TPSA) is 68.3 Å². The summed E-state index contributed by atoms with van der Waals surface area (Å²) in [6.45, 7) is 6.10. The SMILES string of the molecule is CCC(C)(C)C(=O)OCCNC(=O)Sc1nc2ccccc2s1. The molecule has 0 unspecified atom stereocenters. The molecular weight excluding hydrogens is 332 g/mol. The number of amides is 1. The summed E-state index contributed by atoms with van der Waals surface area (Å²) in [4.78, 5) is 28.0. The maximum atomic E-state index is 11.9. The molecule has 0 spiro atoms. The van der Waals surface area contributed by atoms with Crippen molar-refractivity contribution in [2.45, 2.75) is 31.5 Å². The van der Waals surface area contributed by atoms with Crippen molar-refractivity contribution in [3.63, 3.8) is 0 Å². The van der Waals surface area contributed by atoms with Crippen LogP contribution in [0.1, 0.15) is 27.2 Å². The number of esters is 1. The van der Waals surface area contributed by atoms with E-state index in [1.165, 1.54) is 11.3 Å². The van der Waals surface area contributed by atoms with Gasteiger partial charge in [0, 0.05) is 11.8 Å². The standard InChI is InChI=1S/C16H20N2O3S2/c1-4-16(2,3)13(19)21-10-9-17-14(20)23-15-18-11-7-5-6-8-12(11)22-15/h5-8H,4,9-10H2,1-3H3,(H,17,20). The van der Waals surface area contributed by atoms with E-state index in [4.69, 9.17) is 4.74 Å². The van der Waals surface area contributed by atoms with Crippen LogP contribution in [0.25, 0.3) is 10.2 Å². The first kappa shape index (κ1) is 17.7. The van der Waals surface area contributed by atoms with Gasteiger partial charge in [-0.1, -0.05) is 19.1 Å². The molecule has 0 aliphatic carbocycles. The third-order valence-electron chi connectivity index (χ3n) is 3.50. The van der Waals surface area contributed by atoms with E-state index >= 15 is 0 Å². The van der Waals surface area contributed by atoms with Crippen LogP contribution in [0.15, 0.2) is 28.6 Å². The summed E-state index contributed by atoms with van der Waals surface area (Å²) in [7, 11) is 0. The number of nitrogens with one attached hydrogen (secondary N) is 1. The lowest BCUT2D eigenvalue weighted by atomic mass is 9.91. The Balaban J connectivity index is 1.74. The quantitative estimate of drug-likeness (QED) is 0.482. The fourth-order valence-electron chi connectivity index (χ4n) is 1.65. The highest BCUT2D eigenvalue weighted by Gasteiger charge is 2.26. The normalized spacial score (nSPS) is 11.4. The van der Waals surface area contributed by atoms with Gasteiger partial charge in [-0.05, 0) is 32.4 Å². The van der Waals surface area contributed by atoms with Gasteiger partial charge >= 0.3 is 5.97 Å². The Morgan fingerprint density at radius 3 is 2.78 bits per heavy atom. The van der Waals surface area contributed by atoms with Gasteiger partial charge in [-0.15, -0.1) is 11.3 Å². The van der Waals surface area contributed by atoms with E-state index in [1.54, 1.807) is 0 Å². The predicted octanol–water partition coefficient (Wildman–Crippen LogP) is 4.08. The van der Waals surface area contributed by atoms with Crippen molar-refractivity contribution in [2.24, 2.45) is 5.41 Å². The second-order valence-corrected chi connectivity index (χ2v) is 7.89. The van der Waals surface area contributed by atoms with Crippen LogP contribution in [0.5, 0.6) is 0 Å². The molecule has 0 fully saturated rings. The molecule has 2 rings (SSSR count). The van der Waals surface area contributed by atoms with Gasteiger partial charge in [0.15, 0.2) is 4.34 Å². The zero-order valence-electron chi connectivity index (χ0n) is 13.4. The van der Waals surface area contributed by atoms with Gasteiger partial charge in [0.05, 0.1) is 22.2 Å². The van der Waals surface area contributed by atoms with Gasteiger partial charge in [-0.2, -0.15) is 0 Å². The molecule has 5 nitrogen and oxygen atoms in total. The van der Waals surface area contributed by atoms with Crippen LogP contribution < -0.4 is 5.32 Å². The lowest BCUT2D eigenvalue weighted by molar-refractivity contribution is -0.153. The first-order valence-corrected chi connectivity index (χ1v) is 9.04. The summed E-state index contributed by atoms with van der Waals surface area (Å²) >= 11 is 2.54. The number of carbonyl (C=O) groups excluding carboxylic acids is 2. The van der Waals surface area contributed by atoms with Crippen molar-refractivity contribution in [1.29, 1.82) is 0 Å². The van der Waals surface area contributed by atoms with Crippen molar-refractivity contribution in [2.75, 3.05) is 13.2 Å². The van der Waals surface area contributed by atoms with Crippen LogP contribution in [0.4, 0.5) is 4.79 Å². The smallest absolute Gasteiger partial charge is 0.311 e. The van der Waals surface area contributed by atoms with Crippen molar-refractivity contribution in [1.82, 2.24) is 10.3 Å². The van der Waals surface area contributed by atoms with Gasteiger partial charge < -0.3 is 10.1 Å². The Hall–Kier alpha value is -1.60. The van der Waals surface area contributed by atoms with E-state index < -0.39 is 5.41 Å². The molecule has 1 aromatic carbocycles. The number of rotatable bonds is 6. The fourth-order valence-corrected chi connectivity index (χ4v) is 3.48. The van der Waals surface area contributed by atoms with Crippen molar-refractivity contribution in [3.05, 3.63) is 24.3 Å². The molecule has 7 heteroatoms. The zero-order valence-corrected chi connectivity index (χ0v) is 15.1. The minimum Gasteiger partial charge on any atom is -0.463 e. The number of carbonyl (C=O) groups is 2. The predicted molar refractivity (Wildman–Crippen MR) is 93.9 cm³/mol. The van der Waals surface area contributed by atoms with Gasteiger partial charge in [-0.3, -0.25) is 9.59 Å². The third kappa shape index (κ3) is 4.94. The highest BCUT2D eigenvalue weighted by atomic mass is 32.2. The minimum atomic E-state index is -0.486. The molecular formula is C16H20N2O3S2. The van der Waals surface area contributed by atoms with E-state index in [0.717, 1.165) is 22.0 Å². The average molecular weight is 352 g/mol. The van der Waals surface area contributed by atoms with Crippen molar-refractivity contribution >= 4 is 44.5 Å². The van der Waals surface area contributed by atoms with Crippen LogP contribution in [0.3, 0.4) is 0 Å². The Kier molecular flexibility index (Phi) is 6.01. The molecule has 1 N–H and O–H groups in total. The monoisotopic (exact) mass is 352 g/mol. The van der Waals surface area contributed by atoms with E-state index in [9.17, 15) is 9.59 Å². The lowest BCUT2D eigenvalue weighted by Gasteiger charge is -2.20. The van der Waals surface area contributed by atoms with Crippen LogP contribution >= 0.6 is 23.1 Å². The molecule has 1 heterocycles. The Labute approximate surface area is 143 Å². The number of aromatic nitrogens is 1. The number of hydrogen-bond acceptors (Lipinski definition) is 6. The Morgan fingerprint density at radius 1 is 1.35 bits per heavy atom. The molecule has 0 radical (unpaired) electrons. The largest absolute Gasteiger partial charge is 0.463 e.